The largest absolute Gasteiger partial charge is 0.481 e. The van der Waals surface area contributed by atoms with Crippen LogP contribution in [0.15, 0.2) is 12.1 Å². The summed E-state index contributed by atoms with van der Waals surface area (Å²) in [6, 6.07) is 3.95. The molecule has 2 heterocycles. The Bertz CT molecular complexity index is 727. The van der Waals surface area contributed by atoms with E-state index in [2.05, 4.69) is 15.2 Å². The van der Waals surface area contributed by atoms with Gasteiger partial charge in [0, 0.05) is 38.9 Å². The Kier molecular flexibility index (Phi) is 11.8. The van der Waals surface area contributed by atoms with Crippen molar-refractivity contribution in [2.75, 3.05) is 50.7 Å². The van der Waals surface area contributed by atoms with Crippen molar-refractivity contribution < 1.29 is 24.2 Å². The van der Waals surface area contributed by atoms with Gasteiger partial charge in [0.15, 0.2) is 5.82 Å². The number of hydrogen-bond donors (Lipinski definition) is 2. The number of methoxy groups -OCH3 is 1. The molecule has 1 atom stereocenters. The Hall–Kier alpha value is -2.55. The number of aliphatic hydroxyl groups excluding tert-OH is 1. The maximum Gasteiger partial charge on any atom is 0.411 e. The highest BCUT2D eigenvalue weighted by molar-refractivity contribution is 5.88. The molecule has 1 aromatic heterocycles. The summed E-state index contributed by atoms with van der Waals surface area (Å²) in [7, 11) is 2.59. The third kappa shape index (κ3) is 8.07. The highest BCUT2D eigenvalue weighted by Crippen LogP contribution is 2.32. The van der Waals surface area contributed by atoms with Crippen LogP contribution in [0.1, 0.15) is 58.3 Å². The van der Waals surface area contributed by atoms with Crippen LogP contribution in [0.5, 0.6) is 5.88 Å². The van der Waals surface area contributed by atoms with Crippen molar-refractivity contribution in [3.63, 3.8) is 0 Å². The molecule has 1 saturated carbocycles. The van der Waals surface area contributed by atoms with E-state index >= 15 is 0 Å². The first-order valence-corrected chi connectivity index (χ1v) is 12.0. The maximum absolute atomic E-state index is 12.0. The number of aliphatic hydroxyl groups is 1. The van der Waals surface area contributed by atoms with E-state index in [-0.39, 0.29) is 0 Å². The van der Waals surface area contributed by atoms with E-state index in [1.54, 1.807) is 26.2 Å². The van der Waals surface area contributed by atoms with Gasteiger partial charge >= 0.3 is 6.09 Å². The molecule has 1 unspecified atom stereocenters. The zero-order chi connectivity index (χ0) is 24.1. The number of anilines is 2. The molecule has 1 aliphatic heterocycles. The van der Waals surface area contributed by atoms with Crippen LogP contribution < -0.4 is 15.0 Å². The number of piperidine rings is 1. The van der Waals surface area contributed by atoms with Gasteiger partial charge in [-0.1, -0.05) is 19.3 Å². The van der Waals surface area contributed by atoms with Gasteiger partial charge in [0.2, 0.25) is 12.3 Å². The molecular formula is C24H40N4O5. The van der Waals surface area contributed by atoms with E-state index in [1.807, 2.05) is 4.90 Å². The van der Waals surface area contributed by atoms with Crippen molar-refractivity contribution in [3.05, 3.63) is 12.1 Å². The first kappa shape index (κ1) is 26.7. The lowest BCUT2D eigenvalue weighted by molar-refractivity contribution is -0.121. The Labute approximate surface area is 197 Å². The van der Waals surface area contributed by atoms with Crippen LogP contribution in [0.25, 0.3) is 0 Å². The molecule has 0 aromatic carbocycles. The molecule has 0 bridgehead atoms. The van der Waals surface area contributed by atoms with Crippen molar-refractivity contribution >= 4 is 24.0 Å². The van der Waals surface area contributed by atoms with E-state index in [1.165, 1.54) is 19.3 Å². The third-order valence-corrected chi connectivity index (χ3v) is 6.36. The Morgan fingerprint density at radius 1 is 1.24 bits per heavy atom. The quantitative estimate of drug-likeness (QED) is 0.537. The summed E-state index contributed by atoms with van der Waals surface area (Å²) in [5.41, 5.74) is 0.622. The topological polar surface area (TPSA) is 104 Å². The van der Waals surface area contributed by atoms with Gasteiger partial charge < -0.3 is 24.4 Å². The van der Waals surface area contributed by atoms with Crippen LogP contribution in [-0.4, -0.2) is 74.0 Å². The number of rotatable bonds is 9. The van der Waals surface area contributed by atoms with Crippen LogP contribution >= 0.6 is 0 Å². The molecule has 9 nitrogen and oxygen atoms in total. The van der Waals surface area contributed by atoms with E-state index in [9.17, 15) is 9.59 Å². The fourth-order valence-electron chi connectivity index (χ4n) is 4.72. The Balaban J connectivity index is 0.00000187. The van der Waals surface area contributed by atoms with Crippen molar-refractivity contribution in [1.82, 2.24) is 9.88 Å². The lowest BCUT2D eigenvalue weighted by atomic mass is 9.92. The van der Waals surface area contributed by atoms with Gasteiger partial charge in [-0.2, -0.15) is 4.98 Å². The molecule has 186 valence electrons. The van der Waals surface area contributed by atoms with Crippen LogP contribution in [0.4, 0.5) is 16.3 Å². The SMILES string of the molecule is CCOC(=O)Nc1ccc(OC)nc1N1CCCC(CCN(C=O)C2CCCCC2)C1.CO. The Morgan fingerprint density at radius 3 is 2.67 bits per heavy atom. The average molecular weight is 465 g/mol. The third-order valence-electron chi connectivity index (χ3n) is 6.36. The zero-order valence-corrected chi connectivity index (χ0v) is 20.3. The standard InChI is InChI=1S/C23H36N4O4.CH4O/c1-3-31-23(29)24-20-11-12-21(30-2)25-22(20)26-14-7-8-18(16-26)13-15-27(17-28)19-9-5-4-6-10-19;1-2/h11-12,17-19H,3-10,13-16H2,1-2H3,(H,24,29);2H,1H3. The van der Waals surface area contributed by atoms with Crippen LogP contribution in [0, 0.1) is 5.92 Å². The highest BCUT2D eigenvalue weighted by atomic mass is 16.5. The first-order chi connectivity index (χ1) is 16.1. The number of carbonyl (C=O) groups is 2. The number of nitrogens with zero attached hydrogens (tertiary/aromatic N) is 3. The maximum atomic E-state index is 12.0. The van der Waals surface area contributed by atoms with Crippen LogP contribution in [0.2, 0.25) is 0 Å². The lowest BCUT2D eigenvalue weighted by Gasteiger charge is -2.36. The van der Waals surface area contributed by atoms with Gasteiger partial charge in [-0.15, -0.1) is 0 Å². The molecule has 2 aliphatic rings. The smallest absolute Gasteiger partial charge is 0.411 e. The summed E-state index contributed by atoms with van der Waals surface area (Å²) in [6.45, 7) is 4.61. The van der Waals surface area contributed by atoms with Gasteiger partial charge in [0.1, 0.15) is 0 Å². The van der Waals surface area contributed by atoms with E-state index in [4.69, 9.17) is 14.6 Å². The molecular weight excluding hydrogens is 424 g/mol. The monoisotopic (exact) mass is 464 g/mol. The second kappa shape index (κ2) is 14.6. The van der Waals surface area contributed by atoms with Crippen molar-refractivity contribution in [3.8, 4) is 5.88 Å². The number of carbonyl (C=O) groups excluding carboxylic acids is 2. The summed E-state index contributed by atoms with van der Waals surface area (Å²) >= 11 is 0. The summed E-state index contributed by atoms with van der Waals surface area (Å²) in [4.78, 5) is 32.5. The number of nitrogens with one attached hydrogen (secondary N) is 1. The molecule has 0 radical (unpaired) electrons. The van der Waals surface area contributed by atoms with Gasteiger partial charge in [0.25, 0.3) is 0 Å². The first-order valence-electron chi connectivity index (χ1n) is 12.0. The predicted molar refractivity (Wildman–Crippen MR) is 129 cm³/mol. The highest BCUT2D eigenvalue weighted by Gasteiger charge is 2.26. The second-order valence-electron chi connectivity index (χ2n) is 8.45. The molecule has 2 fully saturated rings. The van der Waals surface area contributed by atoms with Gasteiger partial charge in [0.05, 0.1) is 19.4 Å². The number of hydrogen-bond acceptors (Lipinski definition) is 7. The summed E-state index contributed by atoms with van der Waals surface area (Å²) in [5, 5.41) is 9.80. The normalized spacial score (nSPS) is 18.5. The summed E-state index contributed by atoms with van der Waals surface area (Å²) < 4.78 is 10.3. The molecule has 2 amide bonds. The van der Waals surface area contributed by atoms with Gasteiger partial charge in [-0.25, -0.2) is 4.79 Å². The molecule has 1 aromatic rings. The second-order valence-corrected chi connectivity index (χ2v) is 8.45. The summed E-state index contributed by atoms with van der Waals surface area (Å²) in [5.74, 6) is 1.69. The summed E-state index contributed by atoms with van der Waals surface area (Å²) in [6.07, 6.45) is 9.73. The lowest BCUT2D eigenvalue weighted by Crippen LogP contribution is -2.40. The molecule has 2 N–H and O–H groups in total. The number of ether oxygens (including phenoxy) is 2. The van der Waals surface area contributed by atoms with Crippen molar-refractivity contribution in [1.29, 1.82) is 0 Å². The average Bonchev–Trinajstić information content (AvgIpc) is 2.87. The minimum atomic E-state index is -0.488. The minimum Gasteiger partial charge on any atom is -0.481 e. The predicted octanol–water partition coefficient (Wildman–Crippen LogP) is 3.66. The molecule has 0 spiro atoms. The number of pyridine rings is 1. The van der Waals surface area contributed by atoms with Crippen LogP contribution in [0.3, 0.4) is 0 Å². The molecule has 9 heteroatoms. The molecule has 1 saturated heterocycles. The van der Waals surface area contributed by atoms with Crippen molar-refractivity contribution in [2.24, 2.45) is 5.92 Å². The fourth-order valence-corrected chi connectivity index (χ4v) is 4.72. The molecule has 1 aliphatic carbocycles. The van der Waals surface area contributed by atoms with Crippen LogP contribution in [-0.2, 0) is 9.53 Å². The van der Waals surface area contributed by atoms with Crippen molar-refractivity contribution in [2.45, 2.75) is 64.3 Å². The van der Waals surface area contributed by atoms with E-state index < -0.39 is 6.09 Å². The van der Waals surface area contributed by atoms with E-state index in [0.717, 1.165) is 65.3 Å². The molecule has 33 heavy (non-hydrogen) atoms. The number of aromatic nitrogens is 1. The zero-order valence-electron chi connectivity index (χ0n) is 20.3. The van der Waals surface area contributed by atoms with Gasteiger partial charge in [-0.05, 0) is 51.0 Å². The Morgan fingerprint density at radius 2 is 2.00 bits per heavy atom. The minimum absolute atomic E-state index is 0.310. The fraction of sp³-hybridized carbons (Fsp3) is 0.708. The number of amides is 2. The van der Waals surface area contributed by atoms with Gasteiger partial charge in [-0.3, -0.25) is 10.1 Å². The molecule has 3 rings (SSSR count). The van der Waals surface area contributed by atoms with E-state index in [0.29, 0.717) is 36.0 Å².